The average molecular weight is 501 g/mol. The fourth-order valence-electron chi connectivity index (χ4n) is 5.00. The van der Waals surface area contributed by atoms with Gasteiger partial charge in [-0.05, 0) is 42.8 Å². The van der Waals surface area contributed by atoms with Crippen LogP contribution in [0.5, 0.6) is 0 Å². The van der Waals surface area contributed by atoms with Crippen molar-refractivity contribution < 1.29 is 13.9 Å². The van der Waals surface area contributed by atoms with Gasteiger partial charge in [0.15, 0.2) is 5.82 Å². The molecule has 0 amide bonds. The van der Waals surface area contributed by atoms with Crippen LogP contribution in [0.25, 0.3) is 22.2 Å². The molecular formula is C28H29FN6O2. The second-order valence-electron chi connectivity index (χ2n) is 9.22. The van der Waals surface area contributed by atoms with Gasteiger partial charge in [0, 0.05) is 44.1 Å². The number of pyridine rings is 3. The molecule has 0 saturated carbocycles. The van der Waals surface area contributed by atoms with E-state index in [1.54, 1.807) is 18.5 Å². The predicted molar refractivity (Wildman–Crippen MR) is 143 cm³/mol. The van der Waals surface area contributed by atoms with Gasteiger partial charge in [-0.15, -0.1) is 0 Å². The minimum absolute atomic E-state index is 0.321. The summed E-state index contributed by atoms with van der Waals surface area (Å²) in [4.78, 5) is 18.5. The summed E-state index contributed by atoms with van der Waals surface area (Å²) < 4.78 is 26.5. The van der Waals surface area contributed by atoms with Crippen LogP contribution in [-0.2, 0) is 9.47 Å². The third-order valence-electron chi connectivity index (χ3n) is 6.94. The van der Waals surface area contributed by atoms with Gasteiger partial charge in [0.1, 0.15) is 5.82 Å². The van der Waals surface area contributed by atoms with E-state index in [0.717, 1.165) is 60.2 Å². The van der Waals surface area contributed by atoms with Crippen molar-refractivity contribution in [3.8, 4) is 11.3 Å². The molecule has 4 aromatic rings. The van der Waals surface area contributed by atoms with Crippen LogP contribution in [-0.4, -0.2) is 67.6 Å². The summed E-state index contributed by atoms with van der Waals surface area (Å²) in [6.07, 6.45) is 5.43. The van der Waals surface area contributed by atoms with Gasteiger partial charge >= 0.3 is 0 Å². The number of hydrogen-bond acceptors (Lipinski definition) is 8. The maximum atomic E-state index is 15.3. The van der Waals surface area contributed by atoms with Gasteiger partial charge in [0.05, 0.1) is 66.3 Å². The van der Waals surface area contributed by atoms with Crippen LogP contribution in [0.1, 0.15) is 5.56 Å². The van der Waals surface area contributed by atoms with Gasteiger partial charge < -0.3 is 24.6 Å². The molecule has 2 saturated heterocycles. The third-order valence-corrected chi connectivity index (χ3v) is 6.94. The summed E-state index contributed by atoms with van der Waals surface area (Å²) >= 11 is 0. The fraction of sp³-hybridized carbons (Fsp3) is 0.321. The first-order valence-electron chi connectivity index (χ1n) is 12.6. The Morgan fingerprint density at radius 3 is 2.41 bits per heavy atom. The maximum absolute atomic E-state index is 15.3. The molecule has 3 aromatic heterocycles. The number of ether oxygens (including phenoxy) is 2. The van der Waals surface area contributed by atoms with E-state index < -0.39 is 0 Å². The number of nitrogens with zero attached hydrogens (tertiary/aromatic N) is 5. The molecule has 0 unspecified atom stereocenters. The number of hydrogen-bond donors (Lipinski definition) is 1. The molecular weight excluding hydrogens is 471 g/mol. The predicted octanol–water partition coefficient (Wildman–Crippen LogP) is 4.56. The quantitative estimate of drug-likeness (QED) is 0.428. The van der Waals surface area contributed by atoms with Crippen molar-refractivity contribution in [1.29, 1.82) is 0 Å². The highest BCUT2D eigenvalue weighted by Crippen LogP contribution is 2.39. The molecule has 5 heterocycles. The summed E-state index contributed by atoms with van der Waals surface area (Å²) in [5.74, 6) is 0.502. The topological polar surface area (TPSA) is 75.6 Å². The van der Waals surface area contributed by atoms with Crippen molar-refractivity contribution in [3.05, 3.63) is 66.4 Å². The number of halogens is 1. The van der Waals surface area contributed by atoms with E-state index in [1.807, 2.05) is 31.3 Å². The lowest BCUT2D eigenvalue weighted by Crippen LogP contribution is -2.38. The molecule has 0 aliphatic carbocycles. The number of aromatic nitrogens is 3. The SMILES string of the molecule is Cc1c(-c2cccnc2)nc2cccc(F)c2c1Nc1cc(N2CCOCC2)cnc1N1CCOCC1. The van der Waals surface area contributed by atoms with E-state index >= 15 is 4.39 Å². The monoisotopic (exact) mass is 500 g/mol. The second kappa shape index (κ2) is 10.3. The first-order chi connectivity index (χ1) is 18.2. The molecule has 1 N–H and O–H groups in total. The number of rotatable bonds is 5. The van der Waals surface area contributed by atoms with Crippen LogP contribution in [0.2, 0.25) is 0 Å². The lowest BCUT2D eigenvalue weighted by atomic mass is 10.0. The molecule has 0 atom stereocenters. The van der Waals surface area contributed by atoms with E-state index in [-0.39, 0.29) is 5.82 Å². The van der Waals surface area contributed by atoms with E-state index in [4.69, 9.17) is 19.4 Å². The lowest BCUT2D eigenvalue weighted by Gasteiger charge is -2.32. The molecule has 2 aliphatic heterocycles. The van der Waals surface area contributed by atoms with Gasteiger partial charge in [-0.1, -0.05) is 6.07 Å². The smallest absolute Gasteiger partial charge is 0.152 e. The Kier molecular flexibility index (Phi) is 6.55. The number of morpholine rings is 2. The molecule has 1 aromatic carbocycles. The van der Waals surface area contributed by atoms with Gasteiger partial charge in [-0.2, -0.15) is 0 Å². The number of anilines is 4. The van der Waals surface area contributed by atoms with Crippen molar-refractivity contribution in [2.24, 2.45) is 0 Å². The number of fused-ring (bicyclic) bond motifs is 1. The van der Waals surface area contributed by atoms with E-state index in [2.05, 4.69) is 26.2 Å². The van der Waals surface area contributed by atoms with Gasteiger partial charge in [-0.25, -0.2) is 14.4 Å². The Bertz CT molecular complexity index is 1410. The van der Waals surface area contributed by atoms with Crippen molar-refractivity contribution in [3.63, 3.8) is 0 Å². The van der Waals surface area contributed by atoms with Crippen molar-refractivity contribution in [2.75, 3.05) is 67.7 Å². The molecule has 2 aliphatic rings. The van der Waals surface area contributed by atoms with Gasteiger partial charge in [-0.3, -0.25) is 4.98 Å². The zero-order valence-corrected chi connectivity index (χ0v) is 20.8. The Morgan fingerprint density at radius 2 is 1.68 bits per heavy atom. The highest BCUT2D eigenvalue weighted by Gasteiger charge is 2.22. The van der Waals surface area contributed by atoms with Crippen LogP contribution in [0.15, 0.2) is 55.0 Å². The number of benzene rings is 1. The Labute approximate surface area is 215 Å². The van der Waals surface area contributed by atoms with Crippen molar-refractivity contribution in [2.45, 2.75) is 6.92 Å². The lowest BCUT2D eigenvalue weighted by molar-refractivity contribution is 0.122. The minimum Gasteiger partial charge on any atom is -0.378 e. The van der Waals surface area contributed by atoms with E-state index in [1.165, 1.54) is 6.07 Å². The minimum atomic E-state index is -0.321. The molecule has 0 radical (unpaired) electrons. The third kappa shape index (κ3) is 4.68. The van der Waals surface area contributed by atoms with Crippen molar-refractivity contribution in [1.82, 2.24) is 15.0 Å². The highest BCUT2D eigenvalue weighted by atomic mass is 19.1. The molecule has 190 valence electrons. The first-order valence-corrected chi connectivity index (χ1v) is 12.6. The Hall–Kier alpha value is -3.82. The van der Waals surface area contributed by atoms with Crippen LogP contribution in [0.3, 0.4) is 0 Å². The Balaban J connectivity index is 1.51. The van der Waals surface area contributed by atoms with Crippen molar-refractivity contribution >= 4 is 33.8 Å². The highest BCUT2D eigenvalue weighted by molar-refractivity contribution is 5.99. The standard InChI is InChI=1S/C28H29FN6O2/c1-19-26(20-4-3-7-30-17-20)32-23-6-2-5-22(29)25(23)27(19)33-24-16-21(34-8-12-36-13-9-34)18-31-28(24)35-10-14-37-15-11-35/h2-7,16-18H,8-15H2,1H3,(H,32,33). The number of nitrogens with one attached hydrogen (secondary N) is 1. The summed E-state index contributed by atoms with van der Waals surface area (Å²) in [5, 5.41) is 4.06. The molecule has 9 heteroatoms. The van der Waals surface area contributed by atoms with Crippen LogP contribution >= 0.6 is 0 Å². The van der Waals surface area contributed by atoms with Crippen LogP contribution in [0, 0.1) is 12.7 Å². The van der Waals surface area contributed by atoms with Gasteiger partial charge in [0.25, 0.3) is 0 Å². The second-order valence-corrected chi connectivity index (χ2v) is 9.22. The molecule has 37 heavy (non-hydrogen) atoms. The molecule has 0 spiro atoms. The largest absolute Gasteiger partial charge is 0.378 e. The summed E-state index contributed by atoms with van der Waals surface area (Å²) in [6, 6.07) is 11.0. The van der Waals surface area contributed by atoms with E-state index in [9.17, 15) is 0 Å². The molecule has 0 bridgehead atoms. The van der Waals surface area contributed by atoms with Crippen LogP contribution in [0.4, 0.5) is 27.3 Å². The summed E-state index contributed by atoms with van der Waals surface area (Å²) in [7, 11) is 0. The zero-order chi connectivity index (χ0) is 25.2. The molecule has 8 nitrogen and oxygen atoms in total. The Morgan fingerprint density at radius 1 is 0.919 bits per heavy atom. The fourth-order valence-corrected chi connectivity index (χ4v) is 5.00. The molecule has 2 fully saturated rings. The van der Waals surface area contributed by atoms with Gasteiger partial charge in [0.2, 0.25) is 0 Å². The van der Waals surface area contributed by atoms with Crippen LogP contribution < -0.4 is 15.1 Å². The van der Waals surface area contributed by atoms with E-state index in [0.29, 0.717) is 43.0 Å². The summed E-state index contributed by atoms with van der Waals surface area (Å²) in [5.41, 5.74) is 5.57. The average Bonchev–Trinajstić information content (AvgIpc) is 2.96. The normalized spacial score (nSPS) is 16.3. The zero-order valence-electron chi connectivity index (χ0n) is 20.8. The summed E-state index contributed by atoms with van der Waals surface area (Å²) in [6.45, 7) is 7.70. The first kappa shape index (κ1) is 23.6. The maximum Gasteiger partial charge on any atom is 0.152 e. The molecule has 6 rings (SSSR count).